The molecule has 0 unspecified atom stereocenters. The summed E-state index contributed by atoms with van der Waals surface area (Å²) in [5.74, 6) is -0.0650. The van der Waals surface area contributed by atoms with E-state index in [0.717, 1.165) is 11.3 Å². The van der Waals surface area contributed by atoms with E-state index in [1.165, 1.54) is 11.8 Å². The Balaban J connectivity index is 1.83. The zero-order chi connectivity index (χ0) is 24.2. The number of rotatable bonds is 7. The summed E-state index contributed by atoms with van der Waals surface area (Å²) in [4.78, 5) is 42.8. The van der Waals surface area contributed by atoms with Crippen molar-refractivity contribution in [2.45, 2.75) is 31.8 Å². The minimum Gasteiger partial charge on any atom is -0.463 e. The van der Waals surface area contributed by atoms with Crippen molar-refractivity contribution in [2.75, 3.05) is 18.9 Å². The van der Waals surface area contributed by atoms with Gasteiger partial charge < -0.3 is 15.4 Å². The van der Waals surface area contributed by atoms with E-state index in [1.54, 1.807) is 23.6 Å². The van der Waals surface area contributed by atoms with Crippen LogP contribution in [0, 0.1) is 0 Å². The maximum atomic E-state index is 13.6. The van der Waals surface area contributed by atoms with E-state index >= 15 is 0 Å². The molecule has 9 heteroatoms. The molecule has 1 aromatic heterocycles. The Labute approximate surface area is 201 Å². The fourth-order valence-corrected chi connectivity index (χ4v) is 4.80. The standard InChI is InChI=1S/C25H26N4O4S/c1-4-33-23(31)18-13-26-24(32)27-20(18)14-34-25-28-19-11-7-5-10-17(19)22(30)29(25)21-12-8-6-9-16(21)15(2)3/h5-12,15H,4,13-14H2,1-3H3,(H2,26,27,32). The maximum absolute atomic E-state index is 13.6. The average molecular weight is 479 g/mol. The Morgan fingerprint density at radius 3 is 2.65 bits per heavy atom. The van der Waals surface area contributed by atoms with Gasteiger partial charge in [-0.1, -0.05) is 55.9 Å². The summed E-state index contributed by atoms with van der Waals surface area (Å²) in [5, 5.41) is 6.30. The zero-order valence-corrected chi connectivity index (χ0v) is 20.1. The van der Waals surface area contributed by atoms with E-state index in [0.29, 0.717) is 27.3 Å². The number of ether oxygens (including phenoxy) is 1. The molecule has 176 valence electrons. The molecule has 0 radical (unpaired) electrons. The smallest absolute Gasteiger partial charge is 0.337 e. The first kappa shape index (κ1) is 23.6. The highest BCUT2D eigenvalue weighted by molar-refractivity contribution is 7.99. The lowest BCUT2D eigenvalue weighted by molar-refractivity contribution is -0.138. The zero-order valence-electron chi connectivity index (χ0n) is 19.3. The summed E-state index contributed by atoms with van der Waals surface area (Å²) >= 11 is 1.28. The van der Waals surface area contributed by atoms with Crippen molar-refractivity contribution >= 4 is 34.7 Å². The van der Waals surface area contributed by atoms with E-state index in [-0.39, 0.29) is 30.4 Å². The van der Waals surface area contributed by atoms with Crippen molar-refractivity contribution in [2.24, 2.45) is 0 Å². The third-order valence-electron chi connectivity index (χ3n) is 5.47. The summed E-state index contributed by atoms with van der Waals surface area (Å²) < 4.78 is 6.76. The Kier molecular flexibility index (Phi) is 7.02. The Morgan fingerprint density at radius 2 is 1.88 bits per heavy atom. The minimum atomic E-state index is -0.486. The number of urea groups is 1. The second kappa shape index (κ2) is 10.1. The molecule has 3 aromatic rings. The van der Waals surface area contributed by atoms with Gasteiger partial charge in [-0.25, -0.2) is 14.6 Å². The Hall–Kier alpha value is -3.59. The number of carbonyl (C=O) groups is 2. The summed E-state index contributed by atoms with van der Waals surface area (Å²) in [5.41, 5.74) is 2.99. The predicted octanol–water partition coefficient (Wildman–Crippen LogP) is 3.73. The lowest BCUT2D eigenvalue weighted by Gasteiger charge is -2.22. The first-order valence-corrected chi connectivity index (χ1v) is 12.1. The first-order valence-electron chi connectivity index (χ1n) is 11.1. The second-order valence-corrected chi connectivity index (χ2v) is 8.98. The molecule has 34 heavy (non-hydrogen) atoms. The molecule has 0 spiro atoms. The highest BCUT2D eigenvalue weighted by atomic mass is 32.2. The van der Waals surface area contributed by atoms with Crippen LogP contribution < -0.4 is 16.2 Å². The van der Waals surface area contributed by atoms with Crippen molar-refractivity contribution in [1.29, 1.82) is 0 Å². The van der Waals surface area contributed by atoms with Gasteiger partial charge in [-0.2, -0.15) is 0 Å². The molecule has 0 saturated carbocycles. The van der Waals surface area contributed by atoms with Crippen molar-refractivity contribution in [3.05, 3.63) is 75.7 Å². The first-order chi connectivity index (χ1) is 16.4. The number of benzene rings is 2. The van der Waals surface area contributed by atoms with Gasteiger partial charge in [-0.3, -0.25) is 9.36 Å². The third kappa shape index (κ3) is 4.70. The van der Waals surface area contributed by atoms with Crippen LogP contribution in [0.2, 0.25) is 0 Å². The van der Waals surface area contributed by atoms with E-state index < -0.39 is 12.0 Å². The number of hydrogen-bond acceptors (Lipinski definition) is 6. The maximum Gasteiger partial charge on any atom is 0.337 e. The quantitative estimate of drug-likeness (QED) is 0.305. The van der Waals surface area contributed by atoms with E-state index in [9.17, 15) is 14.4 Å². The van der Waals surface area contributed by atoms with Gasteiger partial charge in [0.15, 0.2) is 5.16 Å². The van der Waals surface area contributed by atoms with Crippen LogP contribution in [-0.4, -0.2) is 40.5 Å². The number of carbonyl (C=O) groups excluding carboxylic acids is 2. The van der Waals surface area contributed by atoms with Crippen molar-refractivity contribution in [3.8, 4) is 5.69 Å². The van der Waals surface area contributed by atoms with Gasteiger partial charge in [0.2, 0.25) is 0 Å². The van der Waals surface area contributed by atoms with E-state index in [1.807, 2.05) is 36.4 Å². The number of nitrogens with zero attached hydrogens (tertiary/aromatic N) is 2. The van der Waals surface area contributed by atoms with Gasteiger partial charge >= 0.3 is 12.0 Å². The van der Waals surface area contributed by atoms with Gasteiger partial charge in [0.05, 0.1) is 35.3 Å². The molecule has 0 bridgehead atoms. The van der Waals surface area contributed by atoms with Gasteiger partial charge in [0.1, 0.15) is 0 Å². The van der Waals surface area contributed by atoms with Crippen LogP contribution in [0.15, 0.2) is 69.8 Å². The molecule has 0 saturated heterocycles. The van der Waals surface area contributed by atoms with Crippen LogP contribution in [-0.2, 0) is 9.53 Å². The van der Waals surface area contributed by atoms with Crippen LogP contribution in [0.25, 0.3) is 16.6 Å². The summed E-state index contributed by atoms with van der Waals surface area (Å²) in [6.07, 6.45) is 0. The molecule has 2 amide bonds. The predicted molar refractivity (Wildman–Crippen MR) is 132 cm³/mol. The molecule has 8 nitrogen and oxygen atoms in total. The van der Waals surface area contributed by atoms with Gasteiger partial charge in [-0.15, -0.1) is 0 Å². The molecular weight excluding hydrogens is 452 g/mol. The number of para-hydroxylation sites is 2. The largest absolute Gasteiger partial charge is 0.463 e. The van der Waals surface area contributed by atoms with Crippen LogP contribution >= 0.6 is 11.8 Å². The lowest BCUT2D eigenvalue weighted by Crippen LogP contribution is -2.44. The molecule has 0 fully saturated rings. The normalized spacial score (nSPS) is 13.7. The van der Waals surface area contributed by atoms with E-state index in [4.69, 9.17) is 9.72 Å². The molecule has 1 aliphatic rings. The fourth-order valence-electron chi connectivity index (χ4n) is 3.81. The monoisotopic (exact) mass is 478 g/mol. The lowest BCUT2D eigenvalue weighted by atomic mass is 10.0. The number of hydrogen-bond donors (Lipinski definition) is 2. The molecule has 4 rings (SSSR count). The molecule has 0 aliphatic carbocycles. The van der Waals surface area contributed by atoms with Crippen LogP contribution in [0.3, 0.4) is 0 Å². The summed E-state index contributed by atoms with van der Waals surface area (Å²) in [6, 6.07) is 14.6. The number of aromatic nitrogens is 2. The molecule has 2 heterocycles. The Bertz CT molecular complexity index is 1350. The molecule has 1 aliphatic heterocycles. The Morgan fingerprint density at radius 1 is 1.15 bits per heavy atom. The average Bonchev–Trinajstić information content (AvgIpc) is 2.83. The van der Waals surface area contributed by atoms with Crippen LogP contribution in [0.4, 0.5) is 4.79 Å². The number of amides is 2. The van der Waals surface area contributed by atoms with Crippen molar-refractivity contribution in [3.63, 3.8) is 0 Å². The van der Waals surface area contributed by atoms with Crippen LogP contribution in [0.5, 0.6) is 0 Å². The van der Waals surface area contributed by atoms with Crippen molar-refractivity contribution in [1.82, 2.24) is 20.2 Å². The highest BCUT2D eigenvalue weighted by Gasteiger charge is 2.25. The SMILES string of the molecule is CCOC(=O)C1=C(CSc2nc3ccccc3c(=O)n2-c2ccccc2C(C)C)NC(=O)NC1. The number of fused-ring (bicyclic) bond motifs is 1. The van der Waals surface area contributed by atoms with Gasteiger partial charge in [0, 0.05) is 11.4 Å². The molecule has 2 aromatic carbocycles. The van der Waals surface area contributed by atoms with Crippen molar-refractivity contribution < 1.29 is 14.3 Å². The minimum absolute atomic E-state index is 0.0781. The summed E-state index contributed by atoms with van der Waals surface area (Å²) in [6.45, 7) is 6.19. The third-order valence-corrected chi connectivity index (χ3v) is 6.43. The number of thioether (sulfide) groups is 1. The van der Waals surface area contributed by atoms with Crippen LogP contribution in [0.1, 0.15) is 32.3 Å². The highest BCUT2D eigenvalue weighted by Crippen LogP contribution is 2.28. The molecular formula is C25H26N4O4S. The number of esters is 1. The second-order valence-electron chi connectivity index (χ2n) is 8.04. The molecule has 0 atom stereocenters. The van der Waals surface area contributed by atoms with Gasteiger partial charge in [-0.05, 0) is 36.6 Å². The fraction of sp³-hybridized carbons (Fsp3) is 0.280. The van der Waals surface area contributed by atoms with E-state index in [2.05, 4.69) is 24.5 Å². The topological polar surface area (TPSA) is 102 Å². The number of nitrogens with one attached hydrogen (secondary N) is 2. The molecule has 2 N–H and O–H groups in total. The summed E-state index contributed by atoms with van der Waals surface area (Å²) in [7, 11) is 0. The van der Waals surface area contributed by atoms with Gasteiger partial charge in [0.25, 0.3) is 5.56 Å².